The van der Waals surface area contributed by atoms with E-state index in [1.165, 1.54) is 76.2 Å². The molecular formula is C50H41NO. The lowest BCUT2D eigenvalue weighted by molar-refractivity contribution is 0.000531. The van der Waals surface area contributed by atoms with Crippen molar-refractivity contribution in [1.82, 2.24) is 0 Å². The number of hydrogen-bond donors (Lipinski definition) is 0. The molecule has 8 aromatic rings. The maximum absolute atomic E-state index is 6.98. The standard InChI is InChI=1S/C50H41NO/c1-4-12-35(13-5-1)46-47-45-31-37(22-25-43(45)42-18-10-11-19-44(42)50(47)52-49(46)36-14-6-2-7-15-36)34-20-23-41(24-21-34)51(40-16-8-3-9-17-40)48-38-27-32-26-33(29-38)30-39(48)28-32/h1-25,31-33,38-39,48H,26-30H2. The number of hydrogen-bond acceptors (Lipinski definition) is 2. The Hall–Kier alpha value is -5.60. The molecule has 4 aliphatic carbocycles. The van der Waals surface area contributed by atoms with Gasteiger partial charge in [-0.3, -0.25) is 0 Å². The molecule has 1 heterocycles. The second-order valence-electron chi connectivity index (χ2n) is 15.7. The van der Waals surface area contributed by atoms with Gasteiger partial charge in [-0.1, -0.05) is 127 Å². The Bertz CT molecular complexity index is 2540. The van der Waals surface area contributed by atoms with Gasteiger partial charge in [0.05, 0.1) is 0 Å². The summed E-state index contributed by atoms with van der Waals surface area (Å²) in [4.78, 5) is 2.72. The van der Waals surface area contributed by atoms with E-state index in [2.05, 4.69) is 163 Å². The van der Waals surface area contributed by atoms with Gasteiger partial charge in [-0.25, -0.2) is 0 Å². The van der Waals surface area contributed by atoms with E-state index in [4.69, 9.17) is 4.42 Å². The molecule has 1 aromatic heterocycles. The number of para-hydroxylation sites is 1. The van der Waals surface area contributed by atoms with E-state index in [-0.39, 0.29) is 0 Å². The SMILES string of the molecule is c1ccc(-c2oc3c4ccccc4c4ccc(-c5ccc(N(c6ccccc6)C6C7CC8CC(C7)CC6C8)cc5)cc4c3c2-c2ccccc2)cc1. The smallest absolute Gasteiger partial charge is 0.143 e. The van der Waals surface area contributed by atoms with E-state index in [9.17, 15) is 0 Å². The number of anilines is 2. The molecule has 4 saturated carbocycles. The van der Waals surface area contributed by atoms with Crippen LogP contribution in [0.4, 0.5) is 11.4 Å². The van der Waals surface area contributed by atoms with Crippen molar-refractivity contribution in [2.45, 2.75) is 38.1 Å². The topological polar surface area (TPSA) is 16.4 Å². The number of fused-ring (bicyclic) bond motifs is 6. The zero-order valence-electron chi connectivity index (χ0n) is 29.3. The van der Waals surface area contributed by atoms with Gasteiger partial charge in [0.25, 0.3) is 0 Å². The highest BCUT2D eigenvalue weighted by molar-refractivity contribution is 6.28. The second kappa shape index (κ2) is 12.0. The molecule has 4 fully saturated rings. The predicted molar refractivity (Wildman–Crippen MR) is 217 cm³/mol. The molecule has 0 radical (unpaired) electrons. The second-order valence-corrected chi connectivity index (χ2v) is 15.7. The summed E-state index contributed by atoms with van der Waals surface area (Å²) in [5.41, 5.74) is 9.45. The Morgan fingerprint density at radius 2 is 0.962 bits per heavy atom. The van der Waals surface area contributed by atoms with E-state index in [0.29, 0.717) is 6.04 Å². The van der Waals surface area contributed by atoms with Gasteiger partial charge in [0, 0.05) is 39.3 Å². The van der Waals surface area contributed by atoms with Gasteiger partial charge in [0.2, 0.25) is 0 Å². The molecular weight excluding hydrogens is 631 g/mol. The third-order valence-corrected chi connectivity index (χ3v) is 12.7. The van der Waals surface area contributed by atoms with Gasteiger partial charge < -0.3 is 9.32 Å². The van der Waals surface area contributed by atoms with Crippen molar-refractivity contribution in [3.63, 3.8) is 0 Å². The van der Waals surface area contributed by atoms with Crippen LogP contribution in [0.25, 0.3) is 66.1 Å². The lowest BCUT2D eigenvalue weighted by Gasteiger charge is -2.57. The molecule has 0 N–H and O–H groups in total. The summed E-state index contributed by atoms with van der Waals surface area (Å²) in [6, 6.07) is 58.3. The summed E-state index contributed by atoms with van der Waals surface area (Å²) in [5.74, 6) is 4.42. The summed E-state index contributed by atoms with van der Waals surface area (Å²) in [6.45, 7) is 0. The van der Waals surface area contributed by atoms with Gasteiger partial charge in [-0.05, 0) is 119 Å². The first-order valence-electron chi connectivity index (χ1n) is 19.2. The van der Waals surface area contributed by atoms with Crippen LogP contribution >= 0.6 is 0 Å². The molecule has 2 heteroatoms. The van der Waals surface area contributed by atoms with Crippen molar-refractivity contribution in [2.24, 2.45) is 23.7 Å². The van der Waals surface area contributed by atoms with Crippen molar-refractivity contribution in [1.29, 1.82) is 0 Å². The maximum atomic E-state index is 6.98. The minimum Gasteiger partial charge on any atom is -0.455 e. The fourth-order valence-electron chi connectivity index (χ4n) is 10.8. The molecule has 0 unspecified atom stereocenters. The Morgan fingerprint density at radius 3 is 1.63 bits per heavy atom. The molecule has 0 spiro atoms. The zero-order chi connectivity index (χ0) is 34.2. The first-order valence-corrected chi connectivity index (χ1v) is 19.2. The van der Waals surface area contributed by atoms with Crippen LogP contribution in [0.3, 0.4) is 0 Å². The van der Waals surface area contributed by atoms with Gasteiger partial charge in [-0.2, -0.15) is 0 Å². The Balaban J connectivity index is 1.08. The molecule has 7 aromatic carbocycles. The fourth-order valence-corrected chi connectivity index (χ4v) is 10.8. The molecule has 252 valence electrons. The van der Waals surface area contributed by atoms with Crippen molar-refractivity contribution < 1.29 is 4.42 Å². The van der Waals surface area contributed by atoms with Gasteiger partial charge in [-0.15, -0.1) is 0 Å². The van der Waals surface area contributed by atoms with Crippen LogP contribution in [0.2, 0.25) is 0 Å². The normalized spacial score (nSPS) is 22.0. The van der Waals surface area contributed by atoms with Crippen LogP contribution in [0, 0.1) is 23.7 Å². The molecule has 0 aliphatic heterocycles. The minimum atomic E-state index is 0.583. The number of benzene rings is 7. The van der Waals surface area contributed by atoms with Crippen molar-refractivity contribution in [3.8, 4) is 33.6 Å². The molecule has 52 heavy (non-hydrogen) atoms. The average Bonchev–Trinajstić information content (AvgIpc) is 3.62. The number of rotatable bonds is 6. The van der Waals surface area contributed by atoms with Crippen LogP contribution in [0.1, 0.15) is 32.1 Å². The Kier molecular flexibility index (Phi) is 6.93. The first-order chi connectivity index (χ1) is 25.8. The van der Waals surface area contributed by atoms with Crippen molar-refractivity contribution >= 4 is 43.9 Å². The lowest BCUT2D eigenvalue weighted by Crippen LogP contribution is -2.54. The van der Waals surface area contributed by atoms with E-state index < -0.39 is 0 Å². The van der Waals surface area contributed by atoms with Crippen molar-refractivity contribution in [3.05, 3.63) is 158 Å². The predicted octanol–water partition coefficient (Wildman–Crippen LogP) is 13.7. The van der Waals surface area contributed by atoms with Gasteiger partial charge in [0.1, 0.15) is 11.3 Å². The number of furan rings is 1. The largest absolute Gasteiger partial charge is 0.455 e. The van der Waals surface area contributed by atoms with E-state index >= 15 is 0 Å². The third kappa shape index (κ3) is 4.77. The quantitative estimate of drug-likeness (QED) is 0.164. The summed E-state index contributed by atoms with van der Waals surface area (Å²) in [6.07, 6.45) is 7.11. The highest BCUT2D eigenvalue weighted by atomic mass is 16.3. The summed E-state index contributed by atoms with van der Waals surface area (Å²) < 4.78 is 6.98. The molecule has 0 atom stereocenters. The van der Waals surface area contributed by atoms with E-state index in [0.717, 1.165) is 57.1 Å². The van der Waals surface area contributed by atoms with Crippen LogP contribution in [0.5, 0.6) is 0 Å². The molecule has 0 amide bonds. The van der Waals surface area contributed by atoms with Crippen LogP contribution in [-0.4, -0.2) is 6.04 Å². The highest BCUT2D eigenvalue weighted by Crippen LogP contribution is 2.57. The van der Waals surface area contributed by atoms with Crippen LogP contribution in [0.15, 0.2) is 162 Å². The Morgan fingerprint density at radius 1 is 0.423 bits per heavy atom. The maximum Gasteiger partial charge on any atom is 0.143 e. The fraction of sp³-hybridized carbons (Fsp3) is 0.200. The van der Waals surface area contributed by atoms with Gasteiger partial charge in [0.15, 0.2) is 0 Å². The third-order valence-electron chi connectivity index (χ3n) is 12.7. The zero-order valence-corrected chi connectivity index (χ0v) is 29.3. The minimum absolute atomic E-state index is 0.583. The summed E-state index contributed by atoms with van der Waals surface area (Å²) >= 11 is 0. The lowest BCUT2D eigenvalue weighted by atomic mass is 9.53. The summed E-state index contributed by atoms with van der Waals surface area (Å²) in [7, 11) is 0. The van der Waals surface area contributed by atoms with Crippen LogP contribution < -0.4 is 4.90 Å². The van der Waals surface area contributed by atoms with Crippen LogP contribution in [-0.2, 0) is 0 Å². The number of nitrogens with zero attached hydrogens (tertiary/aromatic N) is 1. The molecule has 0 saturated heterocycles. The molecule has 4 aliphatic rings. The molecule has 12 rings (SSSR count). The molecule has 2 nitrogen and oxygen atoms in total. The van der Waals surface area contributed by atoms with E-state index in [1.54, 1.807) is 0 Å². The van der Waals surface area contributed by atoms with Gasteiger partial charge >= 0.3 is 0 Å². The highest BCUT2D eigenvalue weighted by Gasteiger charge is 2.50. The first kappa shape index (κ1) is 30.1. The van der Waals surface area contributed by atoms with E-state index in [1.807, 2.05) is 0 Å². The van der Waals surface area contributed by atoms with Crippen molar-refractivity contribution in [2.75, 3.05) is 4.90 Å². The monoisotopic (exact) mass is 671 g/mol. The Labute approximate surface area is 305 Å². The molecule has 4 bridgehead atoms. The summed E-state index contributed by atoms with van der Waals surface area (Å²) in [5, 5.41) is 6.01. The average molecular weight is 672 g/mol.